The molecule has 9 rings (SSSR count). The Balaban J connectivity index is 1.26. The smallest absolute Gasteiger partial charge is 0.336 e. The van der Waals surface area contributed by atoms with Crippen LogP contribution in [-0.2, 0) is 37.7 Å². The zero-order valence-corrected chi connectivity index (χ0v) is 33.8. The van der Waals surface area contributed by atoms with Crippen LogP contribution >= 0.6 is 22.7 Å². The number of aliphatic imine (C=N–C) groups is 2. The van der Waals surface area contributed by atoms with E-state index in [2.05, 4.69) is 9.98 Å². The molecule has 0 fully saturated rings. The summed E-state index contributed by atoms with van der Waals surface area (Å²) in [5, 5.41) is 39.4. The molecule has 6 aromatic rings. The number of ether oxygens (including phenoxy) is 2. The summed E-state index contributed by atoms with van der Waals surface area (Å²) < 4.78 is 11.8. The average Bonchev–Trinajstić information content (AvgIpc) is 4.11. The van der Waals surface area contributed by atoms with Gasteiger partial charge in [0.2, 0.25) is 21.8 Å². The van der Waals surface area contributed by atoms with Gasteiger partial charge in [0, 0.05) is 22.3 Å². The third-order valence-electron chi connectivity index (χ3n) is 10.3. The highest BCUT2D eigenvalue weighted by Crippen LogP contribution is 2.57. The Hall–Kier alpha value is -8.80. The summed E-state index contributed by atoms with van der Waals surface area (Å²) in [5.41, 5.74) is -1.77. The van der Waals surface area contributed by atoms with Crippen molar-refractivity contribution in [3.63, 3.8) is 0 Å². The SMILES string of the molecule is N#CC(C#N)=C1C(=Nc2nc3c(s2)-c2sc(N=C4C(=O)c5ccccc5C4=C(C#N)C#N)nc2C3(C(=O)OCc2ccccc2)C(=O)OCc2ccccc2)C(=O)c2ccccc21. The van der Waals surface area contributed by atoms with Gasteiger partial charge >= 0.3 is 11.9 Å². The Morgan fingerprint density at radius 1 is 0.540 bits per heavy atom. The van der Waals surface area contributed by atoms with Crippen molar-refractivity contribution < 1.29 is 28.7 Å². The van der Waals surface area contributed by atoms with Crippen molar-refractivity contribution in [2.24, 2.45) is 9.98 Å². The van der Waals surface area contributed by atoms with Gasteiger partial charge in [-0.1, -0.05) is 132 Å². The third kappa shape index (κ3) is 6.44. The van der Waals surface area contributed by atoms with Crippen molar-refractivity contribution in [3.8, 4) is 34.0 Å². The van der Waals surface area contributed by atoms with E-state index in [0.717, 1.165) is 22.7 Å². The second-order valence-corrected chi connectivity index (χ2v) is 15.8. The molecule has 0 N–H and O–H groups in total. The van der Waals surface area contributed by atoms with Gasteiger partial charge in [-0.15, -0.1) is 0 Å². The lowest BCUT2D eigenvalue weighted by Crippen LogP contribution is -2.46. The van der Waals surface area contributed by atoms with Gasteiger partial charge in [0.1, 0.15) is 60.1 Å². The van der Waals surface area contributed by atoms with Gasteiger partial charge in [-0.25, -0.2) is 29.5 Å². The fourth-order valence-electron chi connectivity index (χ4n) is 7.49. The lowest BCUT2D eigenvalue weighted by atomic mass is 9.84. The predicted molar refractivity (Wildman–Crippen MR) is 229 cm³/mol. The summed E-state index contributed by atoms with van der Waals surface area (Å²) in [6.45, 7) is -0.538. The number of nitriles is 4. The summed E-state index contributed by atoms with van der Waals surface area (Å²) in [4.78, 5) is 76.6. The topological polar surface area (TPSA) is 232 Å². The van der Waals surface area contributed by atoms with Crippen molar-refractivity contribution in [2.75, 3.05) is 0 Å². The molecular formula is C47H22N8O6S2. The van der Waals surface area contributed by atoms with E-state index in [0.29, 0.717) is 22.3 Å². The number of nitrogens with zero attached hydrogens (tertiary/aromatic N) is 8. The van der Waals surface area contributed by atoms with Crippen LogP contribution in [0.3, 0.4) is 0 Å². The van der Waals surface area contributed by atoms with Crippen LogP contribution in [0.4, 0.5) is 10.3 Å². The molecule has 4 aromatic carbocycles. The van der Waals surface area contributed by atoms with Crippen molar-refractivity contribution in [1.82, 2.24) is 9.97 Å². The standard InChI is InChI=1S/C47H22N8O6S2/c48-19-27(20-49)33-29-15-7-9-17-31(29)37(56)35(33)52-45-54-41-39(62-45)40-42(55-46(63-40)53-36-34(28(21-50)22-51)30-16-8-10-18-32(30)38(36)57)47(41,43(58)60-23-25-11-3-1-4-12-25)44(59)61-24-26-13-5-2-6-14-26/h1-18H,23-24H2. The molecule has 14 nitrogen and oxygen atoms in total. The number of esters is 2. The van der Waals surface area contributed by atoms with Crippen molar-refractivity contribution in [3.05, 3.63) is 165 Å². The van der Waals surface area contributed by atoms with Crippen molar-refractivity contribution in [1.29, 1.82) is 21.0 Å². The number of hydrogen-bond acceptors (Lipinski definition) is 16. The molecule has 0 unspecified atom stereocenters. The Kier molecular flexibility index (Phi) is 10.1. The van der Waals surface area contributed by atoms with Crippen molar-refractivity contribution >= 4 is 79.0 Å². The van der Waals surface area contributed by atoms with E-state index >= 15 is 0 Å². The predicted octanol–water partition coefficient (Wildman–Crippen LogP) is 7.89. The molecule has 3 aliphatic rings. The minimum Gasteiger partial charge on any atom is -0.459 e. The summed E-state index contributed by atoms with van der Waals surface area (Å²) in [7, 11) is 0. The number of allylic oxidation sites excluding steroid dienone is 4. The first-order chi connectivity index (χ1) is 30.7. The molecule has 298 valence electrons. The first kappa shape index (κ1) is 39.6. The minimum atomic E-state index is -2.52. The van der Waals surface area contributed by atoms with Crippen LogP contribution in [0.25, 0.3) is 20.9 Å². The molecule has 3 aliphatic carbocycles. The molecular weight excluding hydrogens is 837 g/mol. The Bertz CT molecular complexity index is 3060. The van der Waals surface area contributed by atoms with E-state index in [-0.39, 0.29) is 89.5 Å². The van der Waals surface area contributed by atoms with Crippen LogP contribution in [0.2, 0.25) is 0 Å². The first-order valence-corrected chi connectivity index (χ1v) is 20.4. The number of carbonyl (C=O) groups excluding carboxylic acids is 4. The van der Waals surface area contributed by atoms with Gasteiger partial charge in [-0.3, -0.25) is 9.59 Å². The Labute approximate surface area is 364 Å². The molecule has 0 atom stereocenters. The van der Waals surface area contributed by atoms with Gasteiger partial charge in [-0.05, 0) is 22.3 Å². The molecule has 0 spiro atoms. The zero-order valence-electron chi connectivity index (χ0n) is 32.2. The largest absolute Gasteiger partial charge is 0.459 e. The van der Waals surface area contributed by atoms with E-state index in [4.69, 9.17) is 19.4 Å². The summed E-state index contributed by atoms with van der Waals surface area (Å²) in [5.74, 6) is -3.38. The summed E-state index contributed by atoms with van der Waals surface area (Å²) >= 11 is 1.78. The van der Waals surface area contributed by atoms with Gasteiger partial charge in [-0.2, -0.15) is 21.0 Å². The molecule has 0 saturated carbocycles. The number of ketones is 2. The molecule has 0 radical (unpaired) electrons. The van der Waals surface area contributed by atoms with E-state index in [9.17, 15) is 40.2 Å². The van der Waals surface area contributed by atoms with Gasteiger partial charge in [0.25, 0.3) is 5.41 Å². The number of fused-ring (bicyclic) bond motifs is 5. The van der Waals surface area contributed by atoms with Crippen LogP contribution in [0, 0.1) is 45.3 Å². The molecule has 16 heteroatoms. The number of hydrogen-bond donors (Lipinski definition) is 0. The minimum absolute atomic E-state index is 0.00329. The lowest BCUT2D eigenvalue weighted by molar-refractivity contribution is -0.164. The second-order valence-electron chi connectivity index (χ2n) is 13.8. The van der Waals surface area contributed by atoms with Gasteiger partial charge < -0.3 is 9.47 Å². The highest BCUT2D eigenvalue weighted by atomic mass is 32.1. The Morgan fingerprint density at radius 2 is 0.889 bits per heavy atom. The van der Waals surface area contributed by atoms with E-state index < -0.39 is 28.9 Å². The molecule has 0 aliphatic heterocycles. The number of thiazole rings is 2. The fourth-order valence-corrected chi connectivity index (χ4v) is 9.63. The second kappa shape index (κ2) is 16.0. The van der Waals surface area contributed by atoms with Crippen LogP contribution in [-0.4, -0.2) is 44.9 Å². The molecule has 0 amide bonds. The number of rotatable bonds is 8. The van der Waals surface area contributed by atoms with Crippen LogP contribution in [0.1, 0.15) is 54.4 Å². The highest BCUT2D eigenvalue weighted by molar-refractivity contribution is 7.25. The third-order valence-corrected chi connectivity index (χ3v) is 12.4. The summed E-state index contributed by atoms with van der Waals surface area (Å²) in [6, 6.07) is 37.7. The lowest BCUT2D eigenvalue weighted by Gasteiger charge is -2.24. The average molecular weight is 859 g/mol. The summed E-state index contributed by atoms with van der Waals surface area (Å²) in [6.07, 6.45) is 0. The number of carbonyl (C=O) groups is 4. The maximum Gasteiger partial charge on any atom is 0.336 e. The highest BCUT2D eigenvalue weighted by Gasteiger charge is 2.63. The van der Waals surface area contributed by atoms with E-state index in [1.807, 2.05) is 24.3 Å². The first-order valence-electron chi connectivity index (χ1n) is 18.7. The molecule has 0 saturated heterocycles. The number of benzene rings is 4. The monoisotopic (exact) mass is 858 g/mol. The molecule has 2 aromatic heterocycles. The molecule has 63 heavy (non-hydrogen) atoms. The Morgan fingerprint density at radius 3 is 1.25 bits per heavy atom. The van der Waals surface area contributed by atoms with E-state index in [1.165, 1.54) is 0 Å². The fraction of sp³-hybridized carbons (Fsp3) is 0.0638. The zero-order chi connectivity index (χ0) is 43.8. The maximum atomic E-state index is 14.9. The van der Waals surface area contributed by atoms with Gasteiger partial charge in [0.15, 0.2) is 0 Å². The normalized spacial score (nSPS) is 15.0. The maximum absolute atomic E-state index is 14.9. The number of Topliss-reactive ketones (excluding diaryl/α,β-unsaturated/α-hetero) is 2. The van der Waals surface area contributed by atoms with Crippen LogP contribution < -0.4 is 0 Å². The van der Waals surface area contributed by atoms with Crippen molar-refractivity contribution in [2.45, 2.75) is 18.6 Å². The molecule has 2 heterocycles. The quantitative estimate of drug-likeness (QED) is 0.0808. The van der Waals surface area contributed by atoms with Crippen LogP contribution in [0.5, 0.6) is 0 Å². The van der Waals surface area contributed by atoms with E-state index in [1.54, 1.807) is 109 Å². The van der Waals surface area contributed by atoms with Gasteiger partial charge in [0.05, 0.1) is 21.1 Å². The van der Waals surface area contributed by atoms with Crippen LogP contribution in [0.15, 0.2) is 130 Å². The number of aromatic nitrogens is 2. The molecule has 0 bridgehead atoms.